The number of nitrogens with one attached hydrogen (secondary N) is 2. The van der Waals surface area contributed by atoms with E-state index in [9.17, 15) is 19.1 Å². The monoisotopic (exact) mass is 450 g/mol. The number of carbonyl (C=O) groups excluding carboxylic acids is 2. The lowest BCUT2D eigenvalue weighted by molar-refractivity contribution is 0.0928. The van der Waals surface area contributed by atoms with Crippen LogP contribution >= 0.6 is 12.4 Å². The maximum Gasteiger partial charge on any atom is 0.251 e. The lowest BCUT2D eigenvalue weighted by Crippen LogP contribution is -2.50. The summed E-state index contributed by atoms with van der Waals surface area (Å²) in [4.78, 5) is 26.9. The molecule has 9 heteroatoms. The molecule has 0 bridgehead atoms. The number of phenolic OH excluding ortho intramolecular Hbond substituents is 1. The summed E-state index contributed by atoms with van der Waals surface area (Å²) >= 11 is 0. The molecule has 31 heavy (non-hydrogen) atoms. The van der Waals surface area contributed by atoms with Crippen molar-refractivity contribution >= 4 is 29.8 Å². The van der Waals surface area contributed by atoms with Gasteiger partial charge in [0, 0.05) is 43.9 Å². The fourth-order valence-electron chi connectivity index (χ4n) is 3.54. The van der Waals surface area contributed by atoms with Crippen molar-refractivity contribution in [3.63, 3.8) is 0 Å². The summed E-state index contributed by atoms with van der Waals surface area (Å²) in [7, 11) is 3.29. The summed E-state index contributed by atoms with van der Waals surface area (Å²) in [6.45, 7) is 1.51. The van der Waals surface area contributed by atoms with Crippen LogP contribution in [0.15, 0.2) is 36.4 Å². The van der Waals surface area contributed by atoms with Gasteiger partial charge in [-0.1, -0.05) is 12.1 Å². The maximum absolute atomic E-state index is 14.8. The molecule has 2 aromatic carbocycles. The minimum Gasteiger partial charge on any atom is -0.507 e. The van der Waals surface area contributed by atoms with Crippen LogP contribution in [0.3, 0.4) is 0 Å². The van der Waals surface area contributed by atoms with Gasteiger partial charge in [0.2, 0.25) is 0 Å². The number of carbonyl (C=O) groups is 2. The Morgan fingerprint density at radius 1 is 1.16 bits per heavy atom. The summed E-state index contributed by atoms with van der Waals surface area (Å²) < 4.78 is 14.8. The Bertz CT molecular complexity index is 937. The summed E-state index contributed by atoms with van der Waals surface area (Å²) in [6.07, 6.45) is 1.71. The van der Waals surface area contributed by atoms with E-state index in [2.05, 4.69) is 10.6 Å². The lowest BCUT2D eigenvalue weighted by Gasteiger charge is -2.22. The van der Waals surface area contributed by atoms with Gasteiger partial charge in [-0.2, -0.15) is 0 Å². The fraction of sp³-hybridized carbons (Fsp3) is 0.364. The number of anilines is 1. The molecular formula is C22H28ClFN4O3. The molecule has 0 aromatic heterocycles. The van der Waals surface area contributed by atoms with E-state index in [4.69, 9.17) is 5.73 Å². The highest BCUT2D eigenvalue weighted by atomic mass is 35.5. The molecule has 1 aliphatic heterocycles. The average Bonchev–Trinajstić information content (AvgIpc) is 2.92. The molecule has 2 atom stereocenters. The zero-order valence-corrected chi connectivity index (χ0v) is 18.3. The second kappa shape index (κ2) is 10.6. The van der Waals surface area contributed by atoms with Gasteiger partial charge in [0.15, 0.2) is 11.6 Å². The molecule has 0 saturated carbocycles. The Balaban J connectivity index is 0.00000341. The molecule has 1 aliphatic rings. The van der Waals surface area contributed by atoms with Crippen molar-refractivity contribution in [1.82, 2.24) is 10.6 Å². The molecule has 7 nitrogen and oxygen atoms in total. The average molecular weight is 451 g/mol. The quantitative estimate of drug-likeness (QED) is 0.519. The van der Waals surface area contributed by atoms with Crippen molar-refractivity contribution in [2.45, 2.75) is 24.9 Å². The van der Waals surface area contributed by atoms with E-state index < -0.39 is 22.9 Å². The molecule has 0 radical (unpaired) electrons. The Kier molecular flexibility index (Phi) is 8.38. The predicted molar refractivity (Wildman–Crippen MR) is 121 cm³/mol. The Hall–Kier alpha value is -2.68. The smallest absolute Gasteiger partial charge is 0.251 e. The third-order valence-corrected chi connectivity index (χ3v) is 5.30. The number of nitrogens with zero attached hydrogens (tertiary/aromatic N) is 1. The summed E-state index contributed by atoms with van der Waals surface area (Å²) in [5.74, 6) is -2.15. The number of amides is 1. The zero-order chi connectivity index (χ0) is 21.8. The molecule has 2 aromatic rings. The van der Waals surface area contributed by atoms with Gasteiger partial charge in [0.05, 0.1) is 5.69 Å². The van der Waals surface area contributed by atoms with E-state index >= 15 is 0 Å². The van der Waals surface area contributed by atoms with Gasteiger partial charge in [-0.05, 0) is 43.7 Å². The van der Waals surface area contributed by atoms with Crippen molar-refractivity contribution in [3.8, 4) is 5.75 Å². The minimum atomic E-state index is -0.789. The second-order valence-electron chi connectivity index (χ2n) is 7.68. The molecular weight excluding hydrogens is 423 g/mol. The van der Waals surface area contributed by atoms with Crippen LogP contribution in [0.2, 0.25) is 0 Å². The highest BCUT2D eigenvalue weighted by Gasteiger charge is 2.24. The second-order valence-corrected chi connectivity index (χ2v) is 7.68. The number of aromatic hydroxyl groups is 1. The van der Waals surface area contributed by atoms with Gasteiger partial charge in [-0.25, -0.2) is 4.39 Å². The van der Waals surface area contributed by atoms with Crippen LogP contribution < -0.4 is 21.3 Å². The highest BCUT2D eigenvalue weighted by Crippen LogP contribution is 2.30. The van der Waals surface area contributed by atoms with Crippen LogP contribution in [0.1, 0.15) is 39.1 Å². The Morgan fingerprint density at radius 3 is 2.45 bits per heavy atom. The Morgan fingerprint density at radius 2 is 1.81 bits per heavy atom. The molecule has 3 rings (SSSR count). The van der Waals surface area contributed by atoms with E-state index in [0.717, 1.165) is 19.4 Å². The molecule has 5 N–H and O–H groups in total. The maximum atomic E-state index is 14.8. The van der Waals surface area contributed by atoms with Crippen LogP contribution in [0, 0.1) is 5.82 Å². The number of ketones is 1. The summed E-state index contributed by atoms with van der Waals surface area (Å²) in [5, 5.41) is 16.2. The third-order valence-electron chi connectivity index (χ3n) is 5.30. The molecule has 168 valence electrons. The van der Waals surface area contributed by atoms with E-state index in [1.54, 1.807) is 14.1 Å². The molecule has 0 unspecified atom stereocenters. The van der Waals surface area contributed by atoms with Gasteiger partial charge in [-0.3, -0.25) is 9.59 Å². The molecule has 0 spiro atoms. The molecule has 1 saturated heterocycles. The largest absolute Gasteiger partial charge is 0.507 e. The van der Waals surface area contributed by atoms with Crippen LogP contribution in [0.25, 0.3) is 0 Å². The first-order valence-corrected chi connectivity index (χ1v) is 9.90. The molecule has 1 amide bonds. The van der Waals surface area contributed by atoms with Gasteiger partial charge in [-0.15, -0.1) is 12.4 Å². The minimum absolute atomic E-state index is 0. The lowest BCUT2D eigenvalue weighted by atomic mass is 9.99. The topological polar surface area (TPSA) is 108 Å². The molecule has 1 fully saturated rings. The van der Waals surface area contributed by atoms with E-state index in [0.29, 0.717) is 12.1 Å². The Labute approximate surface area is 187 Å². The fourth-order valence-corrected chi connectivity index (χ4v) is 3.54. The van der Waals surface area contributed by atoms with Crippen molar-refractivity contribution < 1.29 is 19.1 Å². The van der Waals surface area contributed by atoms with Gasteiger partial charge in [0.1, 0.15) is 11.3 Å². The first-order chi connectivity index (χ1) is 14.3. The molecule has 1 heterocycles. The van der Waals surface area contributed by atoms with E-state index in [1.807, 2.05) is 0 Å². The summed E-state index contributed by atoms with van der Waals surface area (Å²) in [6, 6.07) is 8.31. The number of nitrogens with two attached hydrogens (primary N) is 1. The van der Waals surface area contributed by atoms with Crippen LogP contribution in [-0.2, 0) is 0 Å². The zero-order valence-electron chi connectivity index (χ0n) is 17.5. The third kappa shape index (κ3) is 5.52. The standard InChI is InChI=1S/C22H27FN4O3.ClH/c1-27(2)17-9-10-18(28)19(20(17)23)21(29)13-5-7-14(8-6-13)22(30)26-16-4-3-11-25-12-15(16)24;/h5-10,15-16,25,28H,3-4,11-12,24H2,1-2H3,(H,26,30);1H/t15-,16-;/m1./s1. The van der Waals surface area contributed by atoms with Crippen molar-refractivity contribution in [3.05, 3.63) is 58.9 Å². The van der Waals surface area contributed by atoms with E-state index in [1.165, 1.54) is 41.3 Å². The van der Waals surface area contributed by atoms with E-state index in [-0.39, 0.29) is 41.6 Å². The number of halogens is 2. The van der Waals surface area contributed by atoms with Gasteiger partial charge in [0.25, 0.3) is 5.91 Å². The van der Waals surface area contributed by atoms with Gasteiger partial charge >= 0.3 is 0 Å². The first-order valence-electron chi connectivity index (χ1n) is 9.90. The number of hydrogen-bond donors (Lipinski definition) is 4. The predicted octanol–water partition coefficient (Wildman–Crippen LogP) is 2.06. The van der Waals surface area contributed by atoms with Crippen LogP contribution in [0.5, 0.6) is 5.75 Å². The van der Waals surface area contributed by atoms with Crippen molar-refractivity contribution in [1.29, 1.82) is 0 Å². The van der Waals surface area contributed by atoms with Gasteiger partial charge < -0.3 is 26.4 Å². The number of benzene rings is 2. The normalized spacial score (nSPS) is 18.5. The van der Waals surface area contributed by atoms with Crippen molar-refractivity contribution in [2.24, 2.45) is 5.73 Å². The highest BCUT2D eigenvalue weighted by molar-refractivity contribution is 6.11. The van der Waals surface area contributed by atoms with Crippen LogP contribution in [-0.4, -0.2) is 56.1 Å². The number of phenols is 1. The van der Waals surface area contributed by atoms with Crippen LogP contribution in [0.4, 0.5) is 10.1 Å². The SMILES string of the molecule is CN(C)c1ccc(O)c(C(=O)c2ccc(C(=O)N[C@@H]3CCCNC[C@H]3N)cc2)c1F.Cl. The molecule has 0 aliphatic carbocycles. The van der Waals surface area contributed by atoms with Crippen molar-refractivity contribution in [2.75, 3.05) is 32.1 Å². The first kappa shape index (κ1) is 24.6. The summed E-state index contributed by atoms with van der Waals surface area (Å²) in [5.41, 5.74) is 6.46. The number of hydrogen-bond acceptors (Lipinski definition) is 6. The number of rotatable bonds is 5.